The molecule has 0 aromatic heterocycles. The minimum atomic E-state index is -0.801. The van der Waals surface area contributed by atoms with Gasteiger partial charge < -0.3 is 29.9 Å². The number of hydrazine groups is 1. The molecule has 2 N–H and O–H groups in total. The molecule has 4 rings (SSSR count). The number of carbonyl (C=O) groups excluding carboxylic acids is 4. The number of nitrogens with zero attached hydrogens (tertiary/aromatic N) is 4. The van der Waals surface area contributed by atoms with Crippen molar-refractivity contribution in [1.82, 2.24) is 30.5 Å². The molecule has 12 heteroatoms. The highest BCUT2D eigenvalue weighted by Crippen LogP contribution is 2.28. The molecule has 0 radical (unpaired) electrons. The fourth-order valence-electron chi connectivity index (χ4n) is 5.41. The minimum Gasteiger partial charge on any atom is -0.445 e. The first-order valence-corrected chi connectivity index (χ1v) is 15.0. The number of fused-ring (bicyclic) bond motifs is 1. The first-order valence-electron chi connectivity index (χ1n) is 15.0. The molecule has 0 aliphatic carbocycles. The molecule has 44 heavy (non-hydrogen) atoms. The average Bonchev–Trinajstić information content (AvgIpc) is 3.04. The molecule has 2 aromatic rings. The standard InChI is InChI=1S/C32H42N6O6/c1-3-19-44-32(42)33-17-11-16-27-30(40)35(18-20-43-24-26-14-9-6-10-15-26)22-28-37(27)29(39)23-36(4-2)38(28)31(41)34-21-25-12-7-5-8-13-25/h3,5-10,12-15,27-28H,1,4,11,16-24H2,2H3,(H,33,42)(H,34,41)/t27-,28-/m0/s1. The van der Waals surface area contributed by atoms with E-state index in [9.17, 15) is 19.2 Å². The van der Waals surface area contributed by atoms with Crippen LogP contribution < -0.4 is 10.6 Å². The Morgan fingerprint density at radius 1 is 1.02 bits per heavy atom. The predicted octanol–water partition coefficient (Wildman–Crippen LogP) is 2.72. The number of rotatable bonds is 14. The van der Waals surface area contributed by atoms with E-state index >= 15 is 0 Å². The van der Waals surface area contributed by atoms with Gasteiger partial charge in [0.2, 0.25) is 11.8 Å². The van der Waals surface area contributed by atoms with E-state index in [4.69, 9.17) is 9.47 Å². The number of benzene rings is 2. The minimum absolute atomic E-state index is 0.0259. The van der Waals surface area contributed by atoms with Crippen molar-refractivity contribution in [3.05, 3.63) is 84.4 Å². The summed E-state index contributed by atoms with van der Waals surface area (Å²) in [7, 11) is 0. The Balaban J connectivity index is 1.49. The van der Waals surface area contributed by atoms with Gasteiger partial charge >= 0.3 is 12.1 Å². The van der Waals surface area contributed by atoms with Crippen molar-refractivity contribution in [2.24, 2.45) is 0 Å². The zero-order valence-corrected chi connectivity index (χ0v) is 25.2. The maximum Gasteiger partial charge on any atom is 0.407 e. The van der Waals surface area contributed by atoms with Crippen molar-refractivity contribution in [3.63, 3.8) is 0 Å². The van der Waals surface area contributed by atoms with Gasteiger partial charge in [0.1, 0.15) is 18.8 Å². The van der Waals surface area contributed by atoms with Gasteiger partial charge in [-0.2, -0.15) is 0 Å². The molecule has 2 atom stereocenters. The SMILES string of the molecule is C=CCOC(=O)NCCC[C@H]1C(=O)N(CCOCc2ccccc2)C[C@H]2N1C(=O)CN(CC)N2C(=O)NCc1ccccc1. The van der Waals surface area contributed by atoms with Gasteiger partial charge in [0.15, 0.2) is 0 Å². The Morgan fingerprint density at radius 2 is 1.73 bits per heavy atom. The number of carbonyl (C=O) groups is 4. The second-order valence-corrected chi connectivity index (χ2v) is 10.5. The van der Waals surface area contributed by atoms with Gasteiger partial charge in [0.25, 0.3) is 0 Å². The molecule has 2 heterocycles. The van der Waals surface area contributed by atoms with Crippen molar-refractivity contribution in [2.75, 3.05) is 45.9 Å². The second kappa shape index (κ2) is 16.4. The summed E-state index contributed by atoms with van der Waals surface area (Å²) in [4.78, 5) is 56.1. The van der Waals surface area contributed by atoms with Crippen LogP contribution in [-0.2, 0) is 32.2 Å². The highest BCUT2D eigenvalue weighted by atomic mass is 16.5. The third-order valence-electron chi connectivity index (χ3n) is 7.56. The molecular formula is C32H42N6O6. The number of urea groups is 1. The Kier molecular flexibility index (Phi) is 12.1. The fourth-order valence-corrected chi connectivity index (χ4v) is 5.41. The lowest BCUT2D eigenvalue weighted by atomic mass is 10.0. The summed E-state index contributed by atoms with van der Waals surface area (Å²) in [5, 5.41) is 8.94. The third-order valence-corrected chi connectivity index (χ3v) is 7.56. The number of hydrogen-bond acceptors (Lipinski definition) is 7. The summed E-state index contributed by atoms with van der Waals surface area (Å²) < 4.78 is 10.8. The summed E-state index contributed by atoms with van der Waals surface area (Å²) in [6, 6.07) is 18.2. The number of ether oxygens (including phenoxy) is 2. The number of nitrogens with one attached hydrogen (secondary N) is 2. The van der Waals surface area contributed by atoms with Crippen LogP contribution in [0, 0.1) is 0 Å². The summed E-state index contributed by atoms with van der Waals surface area (Å²) in [5.74, 6) is -0.428. The van der Waals surface area contributed by atoms with Gasteiger partial charge in [0, 0.05) is 26.2 Å². The molecular weight excluding hydrogens is 564 g/mol. The monoisotopic (exact) mass is 606 g/mol. The zero-order chi connectivity index (χ0) is 31.3. The predicted molar refractivity (Wildman–Crippen MR) is 164 cm³/mol. The Hall–Kier alpha value is -4.42. The van der Waals surface area contributed by atoms with Crippen molar-refractivity contribution >= 4 is 23.9 Å². The summed E-state index contributed by atoms with van der Waals surface area (Å²) >= 11 is 0. The molecule has 5 amide bonds. The molecule has 0 unspecified atom stereocenters. The molecule has 2 aliphatic heterocycles. The van der Waals surface area contributed by atoms with Crippen LogP contribution in [0.15, 0.2) is 73.3 Å². The maximum atomic E-state index is 13.8. The van der Waals surface area contributed by atoms with Crippen molar-refractivity contribution < 1.29 is 28.7 Å². The van der Waals surface area contributed by atoms with Crippen LogP contribution >= 0.6 is 0 Å². The third kappa shape index (κ3) is 8.57. The summed E-state index contributed by atoms with van der Waals surface area (Å²) in [5.41, 5.74) is 1.97. The van der Waals surface area contributed by atoms with Crippen LogP contribution in [-0.4, -0.2) is 102 Å². The lowest BCUT2D eigenvalue weighted by molar-refractivity contribution is -0.190. The molecule has 236 valence electrons. The van der Waals surface area contributed by atoms with Crippen LogP contribution in [0.25, 0.3) is 0 Å². The van der Waals surface area contributed by atoms with E-state index in [1.165, 1.54) is 6.08 Å². The van der Waals surface area contributed by atoms with Gasteiger partial charge in [-0.25, -0.2) is 19.6 Å². The topological polar surface area (TPSA) is 124 Å². The average molecular weight is 607 g/mol. The molecule has 0 spiro atoms. The van der Waals surface area contributed by atoms with Crippen molar-refractivity contribution in [3.8, 4) is 0 Å². The molecule has 2 saturated heterocycles. The smallest absolute Gasteiger partial charge is 0.407 e. The lowest BCUT2D eigenvalue weighted by Gasteiger charge is -2.55. The van der Waals surface area contributed by atoms with Gasteiger partial charge in [-0.15, -0.1) is 0 Å². The molecule has 12 nitrogen and oxygen atoms in total. The number of amides is 5. The molecule has 0 saturated carbocycles. The Labute approximate surface area is 258 Å². The highest BCUT2D eigenvalue weighted by Gasteiger charge is 2.50. The van der Waals surface area contributed by atoms with E-state index in [0.717, 1.165) is 11.1 Å². The highest BCUT2D eigenvalue weighted by molar-refractivity contribution is 5.91. The van der Waals surface area contributed by atoms with Crippen molar-refractivity contribution in [2.45, 2.75) is 45.1 Å². The van der Waals surface area contributed by atoms with Gasteiger partial charge in [-0.3, -0.25) is 9.59 Å². The quantitative estimate of drug-likeness (QED) is 0.250. The van der Waals surface area contributed by atoms with E-state index in [1.54, 1.807) is 19.8 Å². The fraction of sp³-hybridized carbons (Fsp3) is 0.438. The van der Waals surface area contributed by atoms with Crippen LogP contribution in [0.3, 0.4) is 0 Å². The van der Waals surface area contributed by atoms with Crippen LogP contribution in [0.2, 0.25) is 0 Å². The molecule has 0 bridgehead atoms. The molecule has 2 aromatic carbocycles. The van der Waals surface area contributed by atoms with Crippen LogP contribution in [0.5, 0.6) is 0 Å². The van der Waals surface area contributed by atoms with Crippen LogP contribution in [0.4, 0.5) is 9.59 Å². The summed E-state index contributed by atoms with van der Waals surface area (Å²) in [6.07, 6.45) is 0.919. The lowest BCUT2D eigenvalue weighted by Crippen LogP contribution is -2.76. The maximum absolute atomic E-state index is 13.8. The number of alkyl carbamates (subject to hydrolysis) is 1. The van der Waals surface area contributed by atoms with E-state index in [0.29, 0.717) is 45.7 Å². The van der Waals surface area contributed by atoms with Crippen molar-refractivity contribution in [1.29, 1.82) is 0 Å². The Bertz CT molecular complexity index is 1260. The summed E-state index contributed by atoms with van der Waals surface area (Å²) in [6.45, 7) is 7.64. The van der Waals surface area contributed by atoms with E-state index in [-0.39, 0.29) is 44.1 Å². The number of hydrogen-bond donors (Lipinski definition) is 2. The Morgan fingerprint density at radius 3 is 2.41 bits per heavy atom. The van der Waals surface area contributed by atoms with Gasteiger partial charge in [-0.05, 0) is 24.0 Å². The molecule has 2 aliphatic rings. The first kappa shape index (κ1) is 32.5. The van der Waals surface area contributed by atoms with E-state index < -0.39 is 18.3 Å². The number of likely N-dealkylation sites (N-methyl/N-ethyl adjacent to an activating group) is 1. The van der Waals surface area contributed by atoms with E-state index in [2.05, 4.69) is 17.2 Å². The van der Waals surface area contributed by atoms with Gasteiger partial charge in [-0.1, -0.05) is 80.2 Å². The van der Waals surface area contributed by atoms with E-state index in [1.807, 2.05) is 67.6 Å². The van der Waals surface area contributed by atoms with Gasteiger partial charge in [0.05, 0.1) is 26.3 Å². The second-order valence-electron chi connectivity index (χ2n) is 10.5. The zero-order valence-electron chi connectivity index (χ0n) is 25.2. The molecule has 2 fully saturated rings. The van der Waals surface area contributed by atoms with Crippen LogP contribution in [0.1, 0.15) is 30.9 Å². The number of piperazine rings is 1. The first-order chi connectivity index (χ1) is 21.4. The normalized spacial score (nSPS) is 18.5. The largest absolute Gasteiger partial charge is 0.445 e.